The lowest BCUT2D eigenvalue weighted by molar-refractivity contribution is -0.113. The number of nitrogens with zero attached hydrogens (tertiary/aromatic N) is 1. The molecule has 0 saturated carbocycles. The Kier molecular flexibility index (Phi) is 6.53. The van der Waals surface area contributed by atoms with Crippen LogP contribution in [0.3, 0.4) is 0 Å². The van der Waals surface area contributed by atoms with E-state index >= 15 is 0 Å². The van der Waals surface area contributed by atoms with Crippen molar-refractivity contribution in [1.29, 1.82) is 0 Å². The molecule has 166 valence electrons. The number of aliphatic hydroxyl groups is 2. The van der Waals surface area contributed by atoms with Crippen LogP contribution >= 0.6 is 11.8 Å². The third-order valence-electron chi connectivity index (χ3n) is 6.55. The molecule has 4 atom stereocenters. The van der Waals surface area contributed by atoms with Crippen LogP contribution < -0.4 is 4.90 Å². The standard InChI is InChI=1S/C25H31NO4S/c27-16-20-14-19(28)15-24(30-20)22-12-17(5-6-23(22)26-7-9-29-10-8-26)11-21-13-18-3-1-2-4-25(18)31-21/h1-6,12,19-21,24,27-28H,7-11,13-16H2. The number of morpholine rings is 1. The lowest BCUT2D eigenvalue weighted by Gasteiger charge is -2.37. The quantitative estimate of drug-likeness (QED) is 0.742. The van der Waals surface area contributed by atoms with Crippen LogP contribution in [0.4, 0.5) is 5.69 Å². The summed E-state index contributed by atoms with van der Waals surface area (Å²) in [5, 5.41) is 20.6. The monoisotopic (exact) mass is 441 g/mol. The summed E-state index contributed by atoms with van der Waals surface area (Å²) in [6, 6.07) is 15.5. The van der Waals surface area contributed by atoms with Crippen LogP contribution in [-0.4, -0.2) is 60.6 Å². The van der Waals surface area contributed by atoms with Gasteiger partial charge in [0.15, 0.2) is 0 Å². The number of hydrogen-bond donors (Lipinski definition) is 2. The van der Waals surface area contributed by atoms with Gasteiger partial charge in [0.2, 0.25) is 0 Å². The van der Waals surface area contributed by atoms with E-state index in [1.165, 1.54) is 21.7 Å². The Hall–Kier alpha value is -1.57. The molecule has 3 heterocycles. The van der Waals surface area contributed by atoms with Crippen molar-refractivity contribution in [3.8, 4) is 0 Å². The fraction of sp³-hybridized carbons (Fsp3) is 0.520. The first-order valence-electron chi connectivity index (χ1n) is 11.3. The lowest BCUT2D eigenvalue weighted by Crippen LogP contribution is -2.38. The van der Waals surface area contributed by atoms with Crippen molar-refractivity contribution in [2.45, 2.75) is 54.1 Å². The predicted octanol–water partition coefficient (Wildman–Crippen LogP) is 3.36. The first-order valence-corrected chi connectivity index (χ1v) is 12.2. The summed E-state index contributed by atoms with van der Waals surface area (Å²) in [5.74, 6) is 0. The number of benzene rings is 2. The molecule has 4 unspecified atom stereocenters. The van der Waals surface area contributed by atoms with E-state index in [0.717, 1.165) is 44.7 Å². The second kappa shape index (κ2) is 9.51. The Morgan fingerprint density at radius 3 is 2.71 bits per heavy atom. The van der Waals surface area contributed by atoms with E-state index in [4.69, 9.17) is 9.47 Å². The van der Waals surface area contributed by atoms with Crippen molar-refractivity contribution >= 4 is 17.4 Å². The van der Waals surface area contributed by atoms with Crippen LogP contribution in [0, 0.1) is 0 Å². The molecule has 6 heteroatoms. The minimum atomic E-state index is -0.447. The number of ether oxygens (including phenoxy) is 2. The van der Waals surface area contributed by atoms with Crippen LogP contribution in [0.25, 0.3) is 0 Å². The molecule has 2 fully saturated rings. The molecule has 2 aromatic rings. The van der Waals surface area contributed by atoms with E-state index < -0.39 is 6.10 Å². The highest BCUT2D eigenvalue weighted by molar-refractivity contribution is 8.00. The maximum Gasteiger partial charge on any atom is 0.0874 e. The minimum Gasteiger partial charge on any atom is -0.394 e. The number of anilines is 1. The van der Waals surface area contributed by atoms with Gasteiger partial charge in [-0.2, -0.15) is 0 Å². The number of rotatable bonds is 5. The van der Waals surface area contributed by atoms with E-state index in [1.807, 2.05) is 11.8 Å². The predicted molar refractivity (Wildman–Crippen MR) is 123 cm³/mol. The van der Waals surface area contributed by atoms with E-state index in [9.17, 15) is 10.2 Å². The molecule has 5 rings (SSSR count). The first-order chi connectivity index (χ1) is 15.2. The molecule has 0 bridgehead atoms. The van der Waals surface area contributed by atoms with Crippen LogP contribution in [0.2, 0.25) is 0 Å². The average Bonchev–Trinajstić information content (AvgIpc) is 3.21. The Bertz CT molecular complexity index is 876. The van der Waals surface area contributed by atoms with E-state index in [-0.39, 0.29) is 18.8 Å². The molecule has 0 amide bonds. The number of thioether (sulfide) groups is 1. The smallest absolute Gasteiger partial charge is 0.0874 e. The van der Waals surface area contributed by atoms with Gasteiger partial charge in [0, 0.05) is 47.3 Å². The Morgan fingerprint density at radius 1 is 1.06 bits per heavy atom. The molecule has 31 heavy (non-hydrogen) atoms. The molecule has 2 saturated heterocycles. The Morgan fingerprint density at radius 2 is 1.90 bits per heavy atom. The lowest BCUT2D eigenvalue weighted by atomic mass is 9.92. The van der Waals surface area contributed by atoms with Crippen molar-refractivity contribution in [2.24, 2.45) is 0 Å². The maximum atomic E-state index is 10.4. The number of fused-ring (bicyclic) bond motifs is 1. The van der Waals surface area contributed by atoms with Gasteiger partial charge in [0.1, 0.15) is 0 Å². The molecule has 3 aliphatic rings. The second-order valence-corrected chi connectivity index (χ2v) is 10.1. The van der Waals surface area contributed by atoms with E-state index in [0.29, 0.717) is 18.1 Å². The zero-order chi connectivity index (χ0) is 21.2. The first kappa shape index (κ1) is 21.3. The van der Waals surface area contributed by atoms with Crippen LogP contribution in [-0.2, 0) is 22.3 Å². The van der Waals surface area contributed by atoms with Gasteiger partial charge in [-0.05, 0) is 36.1 Å². The molecule has 5 nitrogen and oxygen atoms in total. The molecule has 0 radical (unpaired) electrons. The maximum absolute atomic E-state index is 10.4. The minimum absolute atomic E-state index is 0.0584. The third kappa shape index (κ3) is 4.78. The zero-order valence-electron chi connectivity index (χ0n) is 17.8. The summed E-state index contributed by atoms with van der Waals surface area (Å²) in [6.07, 6.45) is 2.22. The van der Waals surface area contributed by atoms with Crippen LogP contribution in [0.15, 0.2) is 47.4 Å². The fourth-order valence-corrected chi connectivity index (χ4v) is 6.38. The number of aliphatic hydroxyl groups excluding tert-OH is 2. The fourth-order valence-electron chi connectivity index (χ4n) is 5.02. The van der Waals surface area contributed by atoms with Crippen LogP contribution in [0.1, 0.15) is 35.6 Å². The molecule has 0 aliphatic carbocycles. The summed E-state index contributed by atoms with van der Waals surface area (Å²) >= 11 is 1.98. The van der Waals surface area contributed by atoms with Gasteiger partial charge in [-0.25, -0.2) is 0 Å². The molecular formula is C25H31NO4S. The van der Waals surface area contributed by atoms with Crippen molar-refractivity contribution in [3.05, 3.63) is 59.2 Å². The summed E-state index contributed by atoms with van der Waals surface area (Å²) < 4.78 is 11.8. The van der Waals surface area contributed by atoms with Gasteiger partial charge >= 0.3 is 0 Å². The summed E-state index contributed by atoms with van der Waals surface area (Å²) in [5.41, 5.74) is 5.07. The van der Waals surface area contributed by atoms with Gasteiger partial charge in [0.25, 0.3) is 0 Å². The largest absolute Gasteiger partial charge is 0.394 e. The summed E-state index contributed by atoms with van der Waals surface area (Å²) in [6.45, 7) is 3.12. The van der Waals surface area contributed by atoms with E-state index in [1.54, 1.807) is 0 Å². The number of hydrogen-bond acceptors (Lipinski definition) is 6. The van der Waals surface area contributed by atoms with Crippen molar-refractivity contribution in [2.75, 3.05) is 37.8 Å². The molecule has 2 N–H and O–H groups in total. The molecule has 0 aromatic heterocycles. The highest BCUT2D eigenvalue weighted by atomic mass is 32.2. The van der Waals surface area contributed by atoms with Crippen LogP contribution in [0.5, 0.6) is 0 Å². The van der Waals surface area contributed by atoms with Gasteiger partial charge in [0.05, 0.1) is 38.1 Å². The van der Waals surface area contributed by atoms with Gasteiger partial charge in [-0.1, -0.05) is 30.3 Å². The summed E-state index contributed by atoms with van der Waals surface area (Å²) in [4.78, 5) is 3.77. The molecule has 2 aromatic carbocycles. The molecule has 0 spiro atoms. The van der Waals surface area contributed by atoms with Crippen molar-refractivity contribution < 1.29 is 19.7 Å². The highest BCUT2D eigenvalue weighted by Crippen LogP contribution is 2.41. The zero-order valence-corrected chi connectivity index (χ0v) is 18.6. The molecular weight excluding hydrogens is 410 g/mol. The average molecular weight is 442 g/mol. The van der Waals surface area contributed by atoms with Gasteiger partial charge < -0.3 is 24.6 Å². The van der Waals surface area contributed by atoms with Crippen molar-refractivity contribution in [3.63, 3.8) is 0 Å². The van der Waals surface area contributed by atoms with Gasteiger partial charge in [-0.15, -0.1) is 11.8 Å². The third-order valence-corrected chi connectivity index (χ3v) is 7.87. The SMILES string of the molecule is OCC1CC(O)CC(c2cc(CC3Cc4ccccc4S3)ccc2N2CCOCC2)O1. The summed E-state index contributed by atoms with van der Waals surface area (Å²) in [7, 11) is 0. The van der Waals surface area contributed by atoms with Crippen molar-refractivity contribution in [1.82, 2.24) is 0 Å². The normalized spacial score (nSPS) is 28.5. The van der Waals surface area contributed by atoms with Gasteiger partial charge in [-0.3, -0.25) is 0 Å². The van der Waals surface area contributed by atoms with E-state index in [2.05, 4.69) is 47.4 Å². The topological polar surface area (TPSA) is 62.2 Å². The molecule has 3 aliphatic heterocycles. The Balaban J connectivity index is 1.40. The second-order valence-electron chi connectivity index (χ2n) is 8.80. The highest BCUT2D eigenvalue weighted by Gasteiger charge is 2.32. The Labute approximate surface area is 188 Å².